The zero-order chi connectivity index (χ0) is 13.1. The van der Waals surface area contributed by atoms with Gasteiger partial charge in [0.1, 0.15) is 0 Å². The van der Waals surface area contributed by atoms with Crippen LogP contribution in [0.1, 0.15) is 13.3 Å². The van der Waals surface area contributed by atoms with Gasteiger partial charge < -0.3 is 0 Å². The summed E-state index contributed by atoms with van der Waals surface area (Å²) in [6, 6.07) is 7.36. The Bertz CT molecular complexity index is 678. The Morgan fingerprint density at radius 3 is 2.61 bits per heavy atom. The second-order valence-corrected chi connectivity index (χ2v) is 6.27. The average Bonchev–Trinajstić information content (AvgIpc) is 2.39. The van der Waals surface area contributed by atoms with Gasteiger partial charge in [-0.15, -0.1) is 8.66 Å². The van der Waals surface area contributed by atoms with Crippen molar-refractivity contribution < 1.29 is 4.57 Å². The normalized spacial score (nSPS) is 12.0. The molecular formula is C12H15BrN2O2P+. The molecular weight excluding hydrogens is 315 g/mol. The minimum absolute atomic E-state index is 0.126. The van der Waals surface area contributed by atoms with Crippen LogP contribution in [0.3, 0.4) is 0 Å². The van der Waals surface area contributed by atoms with Crippen LogP contribution in [0.4, 0.5) is 0 Å². The highest BCUT2D eigenvalue weighted by Crippen LogP contribution is 2.20. The van der Waals surface area contributed by atoms with Crippen molar-refractivity contribution in [2.45, 2.75) is 26.4 Å². The fourth-order valence-electron chi connectivity index (χ4n) is 2.00. The SMILES string of the molecule is CCCn1c(=O)c2ccccc2n(CCBr)[p+]1=O. The lowest BCUT2D eigenvalue weighted by Gasteiger charge is -2.03. The van der Waals surface area contributed by atoms with Gasteiger partial charge in [0.05, 0.1) is 24.0 Å². The lowest BCUT2D eigenvalue weighted by molar-refractivity contribution is 0.565. The molecule has 0 spiro atoms. The maximum absolute atomic E-state index is 12.4. The second-order valence-electron chi connectivity index (χ2n) is 4.01. The number of nitrogens with zero attached hydrogens (tertiary/aromatic N) is 2. The second kappa shape index (κ2) is 5.81. The number of aryl methyl sites for hydroxylation is 1. The Morgan fingerprint density at radius 2 is 1.94 bits per heavy atom. The first-order valence-electron chi connectivity index (χ1n) is 5.92. The highest BCUT2D eigenvalue weighted by atomic mass is 79.9. The predicted molar refractivity (Wildman–Crippen MR) is 77.9 cm³/mol. The van der Waals surface area contributed by atoms with Crippen molar-refractivity contribution in [2.24, 2.45) is 0 Å². The van der Waals surface area contributed by atoms with E-state index >= 15 is 0 Å². The molecule has 0 aliphatic carbocycles. The van der Waals surface area contributed by atoms with Crippen LogP contribution in [0, 0.1) is 0 Å². The highest BCUT2D eigenvalue weighted by Gasteiger charge is 2.21. The number of fused-ring (bicyclic) bond motifs is 1. The van der Waals surface area contributed by atoms with E-state index in [0.717, 1.165) is 17.3 Å². The third kappa shape index (κ3) is 2.29. The van der Waals surface area contributed by atoms with E-state index in [9.17, 15) is 9.36 Å². The molecule has 1 heterocycles. The van der Waals surface area contributed by atoms with Gasteiger partial charge in [0.15, 0.2) is 0 Å². The van der Waals surface area contributed by atoms with Gasteiger partial charge in [-0.05, 0) is 23.1 Å². The Morgan fingerprint density at radius 1 is 1.22 bits per heavy atom. The van der Waals surface area contributed by atoms with Crippen molar-refractivity contribution in [1.82, 2.24) is 8.66 Å². The van der Waals surface area contributed by atoms with Gasteiger partial charge in [0.2, 0.25) is 0 Å². The summed E-state index contributed by atoms with van der Waals surface area (Å²) >= 11 is 3.36. The van der Waals surface area contributed by atoms with E-state index in [0.29, 0.717) is 18.5 Å². The molecule has 1 aromatic heterocycles. The molecule has 1 unspecified atom stereocenters. The summed E-state index contributed by atoms with van der Waals surface area (Å²) in [6.45, 7) is 3.13. The quantitative estimate of drug-likeness (QED) is 0.807. The van der Waals surface area contributed by atoms with Crippen LogP contribution < -0.4 is 5.56 Å². The maximum Gasteiger partial charge on any atom is 0.598 e. The highest BCUT2D eigenvalue weighted by molar-refractivity contribution is 9.09. The van der Waals surface area contributed by atoms with Crippen LogP contribution in [0.2, 0.25) is 0 Å². The molecule has 0 fully saturated rings. The van der Waals surface area contributed by atoms with Crippen molar-refractivity contribution in [3.05, 3.63) is 34.6 Å². The third-order valence-electron chi connectivity index (χ3n) is 2.79. The summed E-state index contributed by atoms with van der Waals surface area (Å²) in [5, 5.41) is 1.36. The standard InChI is InChI=1S/C12H15BrN2O2P/c1-2-8-15-12(16)10-5-3-4-6-11(10)14(9-7-13)18(15)17/h3-6H,2,7-9H2,1H3/q+1. The molecule has 4 nitrogen and oxygen atoms in total. The molecule has 96 valence electrons. The van der Waals surface area contributed by atoms with E-state index in [1.807, 2.05) is 25.1 Å². The van der Waals surface area contributed by atoms with E-state index in [-0.39, 0.29) is 5.56 Å². The van der Waals surface area contributed by atoms with E-state index in [1.54, 1.807) is 10.4 Å². The van der Waals surface area contributed by atoms with Gasteiger partial charge in [-0.25, -0.2) is 0 Å². The fourth-order valence-corrected chi connectivity index (χ4v) is 4.16. The van der Waals surface area contributed by atoms with Crippen molar-refractivity contribution in [1.29, 1.82) is 0 Å². The van der Waals surface area contributed by atoms with Crippen LogP contribution in [-0.4, -0.2) is 14.0 Å². The van der Waals surface area contributed by atoms with E-state index in [1.165, 1.54) is 4.33 Å². The van der Waals surface area contributed by atoms with Gasteiger partial charge in [0, 0.05) is 5.33 Å². The van der Waals surface area contributed by atoms with Crippen molar-refractivity contribution in [3.63, 3.8) is 0 Å². The third-order valence-corrected chi connectivity index (χ3v) is 4.77. The molecule has 1 atom stereocenters. The van der Waals surface area contributed by atoms with Crippen LogP contribution in [0.15, 0.2) is 29.1 Å². The molecule has 18 heavy (non-hydrogen) atoms. The predicted octanol–water partition coefficient (Wildman–Crippen LogP) is 3.35. The Hall–Kier alpha value is -0.930. The Kier molecular flexibility index (Phi) is 4.36. The number of aromatic nitrogens is 2. The molecule has 6 heteroatoms. The molecule has 0 N–H and O–H groups in total. The number of halogens is 1. The summed E-state index contributed by atoms with van der Waals surface area (Å²) < 4.78 is 15.7. The van der Waals surface area contributed by atoms with Gasteiger partial charge >= 0.3 is 7.73 Å². The summed E-state index contributed by atoms with van der Waals surface area (Å²) in [4.78, 5) is 12.3. The lowest BCUT2D eigenvalue weighted by Crippen LogP contribution is -2.21. The molecule has 2 aromatic rings. The Labute approximate surface area is 114 Å². The number of hydrogen-bond donors (Lipinski definition) is 0. The topological polar surface area (TPSA) is 44.0 Å². The molecule has 0 aliphatic rings. The molecule has 1 aromatic carbocycles. The number of benzene rings is 1. The first kappa shape index (κ1) is 13.5. The number of rotatable bonds is 4. The van der Waals surface area contributed by atoms with Crippen LogP contribution in [-0.2, 0) is 17.7 Å². The fraction of sp³-hybridized carbons (Fsp3) is 0.417. The maximum atomic E-state index is 12.4. The summed E-state index contributed by atoms with van der Waals surface area (Å²) in [5.74, 6) is 0. The first-order valence-corrected chi connectivity index (χ1v) is 8.20. The molecule has 0 radical (unpaired) electrons. The smallest absolute Gasteiger partial charge is 0.265 e. The average molecular weight is 330 g/mol. The molecule has 0 amide bonds. The van der Waals surface area contributed by atoms with Crippen molar-refractivity contribution in [3.8, 4) is 0 Å². The zero-order valence-corrected chi connectivity index (χ0v) is 12.7. The number of hydrogen-bond acceptors (Lipinski definition) is 2. The minimum atomic E-state index is -1.82. The van der Waals surface area contributed by atoms with Crippen LogP contribution in [0.5, 0.6) is 0 Å². The summed E-state index contributed by atoms with van der Waals surface area (Å²) in [7, 11) is -1.82. The summed E-state index contributed by atoms with van der Waals surface area (Å²) in [5.41, 5.74) is 0.648. The number of alkyl halides is 1. The van der Waals surface area contributed by atoms with Crippen molar-refractivity contribution >= 4 is 34.6 Å². The van der Waals surface area contributed by atoms with E-state index < -0.39 is 7.73 Å². The summed E-state index contributed by atoms with van der Waals surface area (Å²) in [6.07, 6.45) is 0.803. The zero-order valence-electron chi connectivity index (χ0n) is 10.2. The van der Waals surface area contributed by atoms with E-state index in [2.05, 4.69) is 15.9 Å². The molecule has 0 saturated carbocycles. The van der Waals surface area contributed by atoms with Gasteiger partial charge in [-0.2, -0.15) is 0 Å². The largest absolute Gasteiger partial charge is 0.598 e. The monoisotopic (exact) mass is 329 g/mol. The molecule has 0 saturated heterocycles. The first-order chi connectivity index (χ1) is 8.70. The van der Waals surface area contributed by atoms with Gasteiger partial charge in [0.25, 0.3) is 5.56 Å². The molecule has 0 aliphatic heterocycles. The van der Waals surface area contributed by atoms with Crippen LogP contribution in [0.25, 0.3) is 10.9 Å². The van der Waals surface area contributed by atoms with E-state index in [4.69, 9.17) is 0 Å². The number of para-hydroxylation sites is 1. The van der Waals surface area contributed by atoms with Gasteiger partial charge in [-0.3, -0.25) is 4.79 Å². The van der Waals surface area contributed by atoms with Crippen LogP contribution >= 0.6 is 23.7 Å². The molecule has 0 bridgehead atoms. The lowest BCUT2D eigenvalue weighted by atomic mass is 10.2. The van der Waals surface area contributed by atoms with Crippen molar-refractivity contribution in [2.75, 3.05) is 5.33 Å². The minimum Gasteiger partial charge on any atom is -0.265 e. The molecule has 2 rings (SSSR count). The van der Waals surface area contributed by atoms with Gasteiger partial charge in [-0.1, -0.05) is 35.0 Å². The Balaban J connectivity index is 2.87.